The van der Waals surface area contributed by atoms with Crippen molar-refractivity contribution in [3.63, 3.8) is 0 Å². The molecule has 0 aromatic heterocycles. The van der Waals surface area contributed by atoms with Gasteiger partial charge in [0.1, 0.15) is 24.4 Å². The normalized spacial score (nSPS) is 21.3. The molecule has 1 fully saturated rings. The molecule has 4 aromatic carbocycles. The molecule has 1 unspecified atom stereocenters. The first-order chi connectivity index (χ1) is 19.8. The summed E-state index contributed by atoms with van der Waals surface area (Å²) in [7, 11) is 0. The van der Waals surface area contributed by atoms with Gasteiger partial charge in [0.25, 0.3) is 0 Å². The highest BCUT2D eigenvalue weighted by molar-refractivity contribution is 5.16. The van der Waals surface area contributed by atoms with Gasteiger partial charge in [0.05, 0.1) is 33.0 Å². The van der Waals surface area contributed by atoms with Gasteiger partial charge in [-0.3, -0.25) is 0 Å². The van der Waals surface area contributed by atoms with Crippen molar-refractivity contribution in [2.75, 3.05) is 6.61 Å². The van der Waals surface area contributed by atoms with E-state index in [1.165, 1.54) is 0 Å². The molecule has 1 aliphatic rings. The first-order valence-corrected chi connectivity index (χ1v) is 13.6. The summed E-state index contributed by atoms with van der Waals surface area (Å²) in [6.45, 7) is 1.39. The van der Waals surface area contributed by atoms with Crippen molar-refractivity contribution in [1.82, 2.24) is 0 Å². The molecule has 1 aliphatic heterocycles. The molecule has 5 atom stereocenters. The maximum Gasteiger partial charge on any atom is 0.228 e. The van der Waals surface area contributed by atoms with Gasteiger partial charge in [0, 0.05) is 0 Å². The second kappa shape index (κ2) is 14.8. The smallest absolute Gasteiger partial charge is 0.228 e. The summed E-state index contributed by atoms with van der Waals surface area (Å²) in [4.78, 5) is 0. The van der Waals surface area contributed by atoms with Crippen LogP contribution >= 0.6 is 0 Å². The van der Waals surface area contributed by atoms with Gasteiger partial charge in [-0.1, -0.05) is 121 Å². The molecule has 5 rings (SSSR count). The second-order valence-electron chi connectivity index (χ2n) is 9.81. The zero-order valence-corrected chi connectivity index (χ0v) is 22.4. The molecule has 0 aliphatic carbocycles. The summed E-state index contributed by atoms with van der Waals surface area (Å²) in [5.41, 5.74) is 3.91. The quantitative estimate of drug-likeness (QED) is 0.178. The van der Waals surface area contributed by atoms with E-state index in [1.807, 2.05) is 121 Å². The van der Waals surface area contributed by atoms with Crippen molar-refractivity contribution in [2.24, 2.45) is 0 Å². The largest absolute Gasteiger partial charge is 0.374 e. The van der Waals surface area contributed by atoms with Gasteiger partial charge in [-0.05, 0) is 22.3 Å². The van der Waals surface area contributed by atoms with Crippen molar-refractivity contribution in [3.05, 3.63) is 144 Å². The van der Waals surface area contributed by atoms with Crippen LogP contribution < -0.4 is 0 Å². The van der Waals surface area contributed by atoms with E-state index in [0.717, 1.165) is 22.3 Å². The van der Waals surface area contributed by atoms with Gasteiger partial charge in [0.2, 0.25) is 6.36 Å². The molecule has 40 heavy (non-hydrogen) atoms. The van der Waals surface area contributed by atoms with Crippen molar-refractivity contribution in [3.8, 4) is 0 Å². The van der Waals surface area contributed by atoms with E-state index in [4.69, 9.17) is 23.7 Å². The number of ether oxygens (including phenoxy) is 5. The molecule has 1 heterocycles. The lowest BCUT2D eigenvalue weighted by Gasteiger charge is -2.26. The average molecular weight is 543 g/mol. The summed E-state index contributed by atoms with van der Waals surface area (Å²) in [5, 5.41) is 0. The number of hydrogen-bond donors (Lipinski definition) is 0. The molecular formula is C34H35FO5. The van der Waals surface area contributed by atoms with Gasteiger partial charge in [-0.15, -0.1) is 0 Å². The van der Waals surface area contributed by atoms with E-state index in [0.29, 0.717) is 19.8 Å². The Kier molecular flexibility index (Phi) is 10.4. The Balaban J connectivity index is 1.32. The minimum Gasteiger partial charge on any atom is -0.374 e. The fourth-order valence-corrected chi connectivity index (χ4v) is 4.74. The van der Waals surface area contributed by atoms with Crippen LogP contribution in [0.25, 0.3) is 0 Å². The average Bonchev–Trinajstić information content (AvgIpc) is 3.37. The zero-order valence-electron chi connectivity index (χ0n) is 22.4. The van der Waals surface area contributed by atoms with Crippen LogP contribution in [0.4, 0.5) is 4.39 Å². The molecule has 4 aromatic rings. The third-order valence-corrected chi connectivity index (χ3v) is 6.82. The van der Waals surface area contributed by atoms with Crippen LogP contribution in [0.2, 0.25) is 0 Å². The zero-order chi connectivity index (χ0) is 27.4. The molecule has 0 radical (unpaired) electrons. The summed E-state index contributed by atoms with van der Waals surface area (Å²) in [6, 6.07) is 39.1. The monoisotopic (exact) mass is 542 g/mol. The molecule has 0 spiro atoms. The fraction of sp³-hybridized carbons (Fsp3) is 0.294. The van der Waals surface area contributed by atoms with Crippen LogP contribution in [-0.4, -0.2) is 37.4 Å². The van der Waals surface area contributed by atoms with Crippen molar-refractivity contribution < 1.29 is 28.1 Å². The van der Waals surface area contributed by atoms with E-state index in [9.17, 15) is 0 Å². The maximum atomic E-state index is 15.7. The first-order valence-electron chi connectivity index (χ1n) is 13.6. The Morgan fingerprint density at radius 2 is 0.975 bits per heavy atom. The standard InChI is InChI=1S/C34H35FO5/c35-34(39-24-29-19-11-4-12-20-29)33-32(38-23-28-17-9-3-10-18-28)31(37-22-27-15-7-2-8-16-27)30(40-33)25-36-21-26-13-5-1-6-14-26/h1-20,30-34H,21-25H2/t30-,31-,32+,33+,34?/m1/s1. The molecule has 0 bridgehead atoms. The van der Waals surface area contributed by atoms with Crippen molar-refractivity contribution in [1.29, 1.82) is 0 Å². The van der Waals surface area contributed by atoms with Crippen LogP contribution in [0.1, 0.15) is 22.3 Å². The lowest BCUT2D eigenvalue weighted by atomic mass is 10.1. The summed E-state index contributed by atoms with van der Waals surface area (Å²) in [6.07, 6.45) is -4.53. The third-order valence-electron chi connectivity index (χ3n) is 6.82. The maximum absolute atomic E-state index is 15.7. The van der Waals surface area contributed by atoms with Crippen molar-refractivity contribution >= 4 is 0 Å². The van der Waals surface area contributed by atoms with Crippen LogP contribution in [0.15, 0.2) is 121 Å². The van der Waals surface area contributed by atoms with Crippen molar-refractivity contribution in [2.45, 2.75) is 57.2 Å². The van der Waals surface area contributed by atoms with Gasteiger partial charge in [-0.25, -0.2) is 4.39 Å². The molecule has 0 N–H and O–H groups in total. The Morgan fingerprint density at radius 3 is 1.48 bits per heavy atom. The topological polar surface area (TPSA) is 46.2 Å². The van der Waals surface area contributed by atoms with Gasteiger partial charge in [0.15, 0.2) is 0 Å². The molecular weight excluding hydrogens is 507 g/mol. The molecule has 6 heteroatoms. The SMILES string of the molecule is FC(OCc1ccccc1)[C@H]1O[C@H](COCc2ccccc2)[C@@H](OCc2ccccc2)[C@@H]1OCc1ccccc1. The predicted molar refractivity (Wildman–Crippen MR) is 151 cm³/mol. The Labute approximate surface area is 235 Å². The minimum atomic E-state index is -1.72. The number of benzene rings is 4. The number of halogens is 1. The Bertz CT molecular complexity index is 1240. The van der Waals surface area contributed by atoms with E-state index < -0.39 is 30.8 Å². The summed E-state index contributed by atoms with van der Waals surface area (Å²) < 4.78 is 46.5. The minimum absolute atomic E-state index is 0.123. The molecule has 0 amide bonds. The van der Waals surface area contributed by atoms with Crippen LogP contribution in [0, 0.1) is 0 Å². The van der Waals surface area contributed by atoms with Crippen LogP contribution in [0.5, 0.6) is 0 Å². The fourth-order valence-electron chi connectivity index (χ4n) is 4.74. The Hall–Kier alpha value is -3.39. The second-order valence-corrected chi connectivity index (χ2v) is 9.81. The number of alkyl halides is 1. The predicted octanol–water partition coefficient (Wildman–Crippen LogP) is 6.65. The van der Waals surface area contributed by atoms with E-state index >= 15 is 4.39 Å². The van der Waals surface area contributed by atoms with Crippen LogP contribution in [-0.2, 0) is 50.1 Å². The molecule has 5 nitrogen and oxygen atoms in total. The lowest BCUT2D eigenvalue weighted by molar-refractivity contribution is -0.170. The van der Waals surface area contributed by atoms with E-state index in [2.05, 4.69) is 0 Å². The lowest BCUT2D eigenvalue weighted by Crippen LogP contribution is -2.42. The molecule has 0 saturated carbocycles. The highest BCUT2D eigenvalue weighted by Gasteiger charge is 2.50. The highest BCUT2D eigenvalue weighted by atomic mass is 19.1. The molecule has 1 saturated heterocycles. The summed E-state index contributed by atoms with van der Waals surface area (Å²) in [5.74, 6) is 0. The van der Waals surface area contributed by atoms with Gasteiger partial charge < -0.3 is 23.7 Å². The Morgan fingerprint density at radius 1 is 0.550 bits per heavy atom. The van der Waals surface area contributed by atoms with Gasteiger partial charge >= 0.3 is 0 Å². The number of rotatable bonds is 14. The van der Waals surface area contributed by atoms with Gasteiger partial charge in [-0.2, -0.15) is 0 Å². The van der Waals surface area contributed by atoms with Crippen LogP contribution in [0.3, 0.4) is 0 Å². The first kappa shape index (κ1) is 28.1. The highest BCUT2D eigenvalue weighted by Crippen LogP contribution is 2.32. The molecule has 208 valence electrons. The van der Waals surface area contributed by atoms with E-state index in [-0.39, 0.29) is 13.2 Å². The van der Waals surface area contributed by atoms with E-state index in [1.54, 1.807) is 0 Å². The summed E-state index contributed by atoms with van der Waals surface area (Å²) >= 11 is 0. The number of hydrogen-bond acceptors (Lipinski definition) is 5. The third kappa shape index (κ3) is 8.07.